The second kappa shape index (κ2) is 10.7. The van der Waals surface area contributed by atoms with Gasteiger partial charge in [0.25, 0.3) is 0 Å². The van der Waals surface area contributed by atoms with Crippen molar-refractivity contribution in [3.05, 3.63) is 60.2 Å². The maximum Gasteiger partial charge on any atom is 0.233 e. The summed E-state index contributed by atoms with van der Waals surface area (Å²) in [6, 6.07) is 17.7. The molecule has 1 aliphatic rings. The van der Waals surface area contributed by atoms with E-state index in [2.05, 4.69) is 17.1 Å². The van der Waals surface area contributed by atoms with Gasteiger partial charge in [-0.2, -0.15) is 0 Å². The minimum atomic E-state index is -3.07. The van der Waals surface area contributed by atoms with E-state index in [-0.39, 0.29) is 29.2 Å². The summed E-state index contributed by atoms with van der Waals surface area (Å²) in [4.78, 5) is 15.0. The van der Waals surface area contributed by atoms with E-state index in [0.29, 0.717) is 23.9 Å². The van der Waals surface area contributed by atoms with E-state index < -0.39 is 9.84 Å². The number of thioether (sulfide) groups is 1. The molecule has 1 saturated heterocycles. The van der Waals surface area contributed by atoms with Gasteiger partial charge in [-0.1, -0.05) is 73.1 Å². The fourth-order valence-corrected chi connectivity index (χ4v) is 6.70. The minimum Gasteiger partial charge on any atom is -0.338 e. The topological polar surface area (TPSA) is 85.2 Å². The second-order valence-corrected chi connectivity index (χ2v) is 11.8. The standard InChI is InChI=1S/C25H30N4O3S2/c1-3-4-15-28(22-14-16-34(31,32)18-22)23(30)17-33-25-27-26-24(20-8-6-5-7-9-20)29(25)21-12-10-19(2)11-13-21/h5-13,22H,3-4,14-18H2,1-2H3/t22-/m1/s1. The molecule has 1 fully saturated rings. The van der Waals surface area contributed by atoms with Crippen molar-refractivity contribution in [1.82, 2.24) is 19.7 Å². The van der Waals surface area contributed by atoms with Crippen LogP contribution < -0.4 is 0 Å². The Morgan fingerprint density at radius 1 is 1.12 bits per heavy atom. The summed E-state index contributed by atoms with van der Waals surface area (Å²) >= 11 is 1.34. The van der Waals surface area contributed by atoms with E-state index in [1.807, 2.05) is 66.1 Å². The zero-order valence-electron chi connectivity index (χ0n) is 19.6. The number of unbranched alkanes of at least 4 members (excludes halogenated alkanes) is 1. The van der Waals surface area contributed by atoms with Crippen LogP contribution in [0.15, 0.2) is 59.8 Å². The lowest BCUT2D eigenvalue weighted by Gasteiger charge is -2.28. The summed E-state index contributed by atoms with van der Waals surface area (Å²) in [7, 11) is -3.07. The molecule has 4 rings (SSSR count). The molecular weight excluding hydrogens is 468 g/mol. The molecule has 0 N–H and O–H groups in total. The molecule has 180 valence electrons. The highest BCUT2D eigenvalue weighted by atomic mass is 32.2. The molecule has 34 heavy (non-hydrogen) atoms. The molecule has 0 aliphatic carbocycles. The van der Waals surface area contributed by atoms with Crippen molar-refractivity contribution in [2.24, 2.45) is 0 Å². The summed E-state index contributed by atoms with van der Waals surface area (Å²) in [6.45, 7) is 4.68. The van der Waals surface area contributed by atoms with Crippen molar-refractivity contribution in [2.45, 2.75) is 44.3 Å². The minimum absolute atomic E-state index is 0.0553. The largest absolute Gasteiger partial charge is 0.338 e. The van der Waals surface area contributed by atoms with Crippen molar-refractivity contribution < 1.29 is 13.2 Å². The maximum atomic E-state index is 13.2. The van der Waals surface area contributed by atoms with Crippen molar-refractivity contribution in [3.8, 4) is 17.1 Å². The Morgan fingerprint density at radius 2 is 1.85 bits per heavy atom. The molecule has 1 aromatic heterocycles. The Balaban J connectivity index is 1.58. The van der Waals surface area contributed by atoms with Gasteiger partial charge < -0.3 is 4.90 Å². The van der Waals surface area contributed by atoms with Crippen molar-refractivity contribution >= 4 is 27.5 Å². The third-order valence-electron chi connectivity index (χ3n) is 6.00. The first-order chi connectivity index (χ1) is 16.4. The van der Waals surface area contributed by atoms with Crippen molar-refractivity contribution in [1.29, 1.82) is 0 Å². The summed E-state index contributed by atoms with van der Waals surface area (Å²) < 4.78 is 26.0. The molecule has 9 heteroatoms. The first-order valence-electron chi connectivity index (χ1n) is 11.6. The van der Waals surface area contributed by atoms with E-state index >= 15 is 0 Å². The molecular formula is C25H30N4O3S2. The monoisotopic (exact) mass is 498 g/mol. The SMILES string of the molecule is CCCCN(C(=O)CSc1nnc(-c2ccccc2)n1-c1ccc(C)cc1)[C@@H]1CCS(=O)(=O)C1. The average Bonchev–Trinajstić information content (AvgIpc) is 3.42. The van der Waals surface area contributed by atoms with E-state index in [4.69, 9.17) is 0 Å². The highest BCUT2D eigenvalue weighted by Crippen LogP contribution is 2.29. The van der Waals surface area contributed by atoms with Gasteiger partial charge in [0, 0.05) is 23.8 Å². The molecule has 1 atom stereocenters. The molecule has 0 bridgehead atoms. The van der Waals surface area contributed by atoms with Crippen LogP contribution in [-0.4, -0.2) is 63.8 Å². The lowest BCUT2D eigenvalue weighted by molar-refractivity contribution is -0.130. The Bertz CT molecular complexity index is 1220. The van der Waals surface area contributed by atoms with Gasteiger partial charge in [-0.3, -0.25) is 9.36 Å². The number of benzene rings is 2. The predicted molar refractivity (Wildman–Crippen MR) is 136 cm³/mol. The van der Waals surface area contributed by atoms with Gasteiger partial charge in [-0.05, 0) is 31.9 Å². The van der Waals surface area contributed by atoms with Gasteiger partial charge in [0.1, 0.15) is 0 Å². The highest BCUT2D eigenvalue weighted by molar-refractivity contribution is 7.99. The molecule has 1 amide bonds. The molecule has 0 radical (unpaired) electrons. The lowest BCUT2D eigenvalue weighted by atomic mass is 10.2. The summed E-state index contributed by atoms with van der Waals surface area (Å²) in [5.74, 6) is 1.05. The normalized spacial score (nSPS) is 17.1. The number of aryl methyl sites for hydroxylation is 1. The third kappa shape index (κ3) is 5.70. The van der Waals surface area contributed by atoms with Crippen LogP contribution in [-0.2, 0) is 14.6 Å². The Morgan fingerprint density at radius 3 is 2.50 bits per heavy atom. The number of nitrogens with zero attached hydrogens (tertiary/aromatic N) is 4. The Hall–Kier alpha value is -2.65. The van der Waals surface area contributed by atoms with Gasteiger partial charge in [0.2, 0.25) is 5.91 Å². The molecule has 0 saturated carbocycles. The van der Waals surface area contributed by atoms with Gasteiger partial charge in [-0.25, -0.2) is 8.42 Å². The summed E-state index contributed by atoms with van der Waals surface area (Å²) in [6.07, 6.45) is 2.31. The van der Waals surface area contributed by atoms with Crippen LogP contribution >= 0.6 is 11.8 Å². The van der Waals surface area contributed by atoms with Crippen LogP contribution in [0.25, 0.3) is 17.1 Å². The molecule has 3 aromatic rings. The van der Waals surface area contributed by atoms with E-state index in [1.54, 1.807) is 4.90 Å². The highest BCUT2D eigenvalue weighted by Gasteiger charge is 2.34. The van der Waals surface area contributed by atoms with Crippen LogP contribution in [0.5, 0.6) is 0 Å². The Labute approximate surface area is 205 Å². The quantitative estimate of drug-likeness (QED) is 0.412. The summed E-state index contributed by atoms with van der Waals surface area (Å²) in [5.41, 5.74) is 3.02. The summed E-state index contributed by atoms with van der Waals surface area (Å²) in [5, 5.41) is 9.49. The van der Waals surface area contributed by atoms with Gasteiger partial charge in [-0.15, -0.1) is 10.2 Å². The van der Waals surface area contributed by atoms with E-state index in [9.17, 15) is 13.2 Å². The number of amides is 1. The number of carbonyl (C=O) groups is 1. The van der Waals surface area contributed by atoms with Crippen LogP contribution in [0.2, 0.25) is 0 Å². The Kier molecular flexibility index (Phi) is 7.73. The number of aromatic nitrogens is 3. The molecule has 7 nitrogen and oxygen atoms in total. The smallest absolute Gasteiger partial charge is 0.233 e. The zero-order valence-corrected chi connectivity index (χ0v) is 21.2. The number of rotatable bonds is 9. The predicted octanol–water partition coefficient (Wildman–Crippen LogP) is 4.15. The van der Waals surface area contributed by atoms with E-state index in [1.165, 1.54) is 11.8 Å². The molecule has 2 aromatic carbocycles. The van der Waals surface area contributed by atoms with Crippen LogP contribution in [0.4, 0.5) is 0 Å². The number of hydrogen-bond acceptors (Lipinski definition) is 6. The van der Waals surface area contributed by atoms with Crippen molar-refractivity contribution in [3.63, 3.8) is 0 Å². The fourth-order valence-electron chi connectivity index (χ4n) is 4.13. The third-order valence-corrected chi connectivity index (χ3v) is 8.67. The van der Waals surface area contributed by atoms with Gasteiger partial charge >= 0.3 is 0 Å². The lowest BCUT2D eigenvalue weighted by Crippen LogP contribution is -2.42. The molecule has 2 heterocycles. The van der Waals surface area contributed by atoms with Gasteiger partial charge in [0.05, 0.1) is 17.3 Å². The first-order valence-corrected chi connectivity index (χ1v) is 14.4. The average molecular weight is 499 g/mol. The van der Waals surface area contributed by atoms with E-state index in [0.717, 1.165) is 29.7 Å². The first kappa shape index (κ1) is 24.5. The van der Waals surface area contributed by atoms with Crippen LogP contribution in [0, 0.1) is 6.92 Å². The van der Waals surface area contributed by atoms with Crippen molar-refractivity contribution in [2.75, 3.05) is 23.8 Å². The molecule has 1 aliphatic heterocycles. The van der Waals surface area contributed by atoms with Crippen LogP contribution in [0.1, 0.15) is 31.7 Å². The number of sulfone groups is 1. The fraction of sp³-hybridized carbons (Fsp3) is 0.400. The van der Waals surface area contributed by atoms with Crippen LogP contribution in [0.3, 0.4) is 0 Å². The number of hydrogen-bond donors (Lipinski definition) is 0. The maximum absolute atomic E-state index is 13.2. The number of carbonyl (C=O) groups excluding carboxylic acids is 1. The van der Waals surface area contributed by atoms with Gasteiger partial charge in [0.15, 0.2) is 20.8 Å². The molecule has 0 unspecified atom stereocenters. The molecule has 0 spiro atoms. The second-order valence-electron chi connectivity index (χ2n) is 8.63. The zero-order chi connectivity index (χ0) is 24.1.